The number of methoxy groups -OCH3 is 1. The Bertz CT molecular complexity index is 1250. The normalized spacial score (nSPS) is 12.7. The number of ether oxygens (including phenoxy) is 1. The average Bonchev–Trinajstić information content (AvgIpc) is 2.82. The molecule has 1 unspecified atom stereocenters. The highest BCUT2D eigenvalue weighted by Gasteiger charge is 2.27. The summed E-state index contributed by atoms with van der Waals surface area (Å²) in [6, 6.07) is 16.4. The third kappa shape index (κ3) is 6.38. The van der Waals surface area contributed by atoms with Crippen LogP contribution in [0, 0.1) is 12.8 Å². The summed E-state index contributed by atoms with van der Waals surface area (Å²) in [5, 5.41) is 12.5. The highest BCUT2D eigenvalue weighted by atomic mass is 16.5. The van der Waals surface area contributed by atoms with Crippen LogP contribution in [0.5, 0.6) is 5.75 Å². The van der Waals surface area contributed by atoms with Crippen molar-refractivity contribution in [2.24, 2.45) is 5.92 Å². The van der Waals surface area contributed by atoms with Crippen molar-refractivity contribution in [1.29, 1.82) is 0 Å². The molecule has 35 heavy (non-hydrogen) atoms. The standard InChI is InChI=1S/C28H32N2O5/c1-18(2)15-24(30-14-8-7-11-26(30)31)28(34)29-23(17-27(32)33)20-12-13-25(35-4)22(16-20)21-10-6-5-9-19(21)3/h5-14,16,18,23-24H,15,17H2,1-4H3,(H,29,34)(H,32,33)/t23-,24?/m0/s1. The minimum atomic E-state index is -1.04. The Morgan fingerprint density at radius 1 is 1.03 bits per heavy atom. The number of rotatable bonds is 10. The second kappa shape index (κ2) is 11.5. The van der Waals surface area contributed by atoms with Crippen molar-refractivity contribution >= 4 is 11.9 Å². The zero-order valence-electron chi connectivity index (χ0n) is 20.5. The number of aliphatic carboxylic acids is 1. The Kier molecular flexibility index (Phi) is 8.47. The molecule has 7 heteroatoms. The second-order valence-corrected chi connectivity index (χ2v) is 9.03. The first-order chi connectivity index (χ1) is 16.7. The Balaban J connectivity index is 2.01. The number of benzene rings is 2. The van der Waals surface area contributed by atoms with Gasteiger partial charge < -0.3 is 19.7 Å². The van der Waals surface area contributed by atoms with Gasteiger partial charge in [0.2, 0.25) is 5.91 Å². The Hall–Kier alpha value is -3.87. The molecule has 2 atom stereocenters. The summed E-state index contributed by atoms with van der Waals surface area (Å²) in [6.45, 7) is 5.94. The smallest absolute Gasteiger partial charge is 0.305 e. The van der Waals surface area contributed by atoms with Gasteiger partial charge >= 0.3 is 5.97 Å². The summed E-state index contributed by atoms with van der Waals surface area (Å²) in [4.78, 5) is 37.6. The summed E-state index contributed by atoms with van der Waals surface area (Å²) < 4.78 is 6.97. The molecule has 1 heterocycles. The number of pyridine rings is 1. The molecule has 0 aliphatic heterocycles. The van der Waals surface area contributed by atoms with E-state index in [0.717, 1.165) is 16.7 Å². The minimum absolute atomic E-state index is 0.143. The number of carbonyl (C=O) groups excluding carboxylic acids is 1. The summed E-state index contributed by atoms with van der Waals surface area (Å²) in [6.07, 6.45) is 1.72. The number of carboxylic acids is 1. The topological polar surface area (TPSA) is 97.6 Å². The highest BCUT2D eigenvalue weighted by Crippen LogP contribution is 2.35. The van der Waals surface area contributed by atoms with Crippen LogP contribution in [0.1, 0.15) is 49.9 Å². The van der Waals surface area contributed by atoms with E-state index in [9.17, 15) is 19.5 Å². The maximum Gasteiger partial charge on any atom is 0.305 e. The second-order valence-electron chi connectivity index (χ2n) is 9.03. The maximum absolute atomic E-state index is 13.4. The van der Waals surface area contributed by atoms with E-state index in [0.29, 0.717) is 17.7 Å². The lowest BCUT2D eigenvalue weighted by molar-refractivity contribution is -0.138. The zero-order valence-corrected chi connectivity index (χ0v) is 20.5. The molecule has 7 nitrogen and oxygen atoms in total. The van der Waals surface area contributed by atoms with Crippen molar-refractivity contribution in [3.05, 3.63) is 88.3 Å². The SMILES string of the molecule is COc1ccc([C@H](CC(=O)O)NC(=O)C(CC(C)C)n2ccccc2=O)cc1-c1ccccc1C. The number of aryl methyl sites for hydroxylation is 1. The molecule has 0 aliphatic carbocycles. The predicted molar refractivity (Wildman–Crippen MR) is 135 cm³/mol. The third-order valence-electron chi connectivity index (χ3n) is 5.94. The van der Waals surface area contributed by atoms with E-state index in [2.05, 4.69) is 5.32 Å². The Morgan fingerprint density at radius 2 is 1.74 bits per heavy atom. The van der Waals surface area contributed by atoms with Crippen LogP contribution in [0.4, 0.5) is 0 Å². The predicted octanol–water partition coefficient (Wildman–Crippen LogP) is 4.75. The number of carboxylic acid groups (broad SMARTS) is 1. The molecular weight excluding hydrogens is 444 g/mol. The molecule has 0 saturated carbocycles. The largest absolute Gasteiger partial charge is 0.496 e. The van der Waals surface area contributed by atoms with Gasteiger partial charge in [0.1, 0.15) is 11.8 Å². The van der Waals surface area contributed by atoms with Gasteiger partial charge in [0.05, 0.1) is 19.6 Å². The first-order valence-corrected chi connectivity index (χ1v) is 11.6. The molecule has 2 N–H and O–H groups in total. The van der Waals surface area contributed by atoms with Gasteiger partial charge in [-0.3, -0.25) is 14.4 Å². The number of hydrogen-bond donors (Lipinski definition) is 2. The van der Waals surface area contributed by atoms with E-state index in [1.807, 2.05) is 51.1 Å². The van der Waals surface area contributed by atoms with Crippen LogP contribution in [0.2, 0.25) is 0 Å². The van der Waals surface area contributed by atoms with Crippen LogP contribution in [0.3, 0.4) is 0 Å². The van der Waals surface area contributed by atoms with Gasteiger partial charge in [-0.2, -0.15) is 0 Å². The zero-order chi connectivity index (χ0) is 25.5. The van der Waals surface area contributed by atoms with Gasteiger partial charge in [-0.15, -0.1) is 0 Å². The number of nitrogens with zero attached hydrogens (tertiary/aromatic N) is 1. The molecule has 0 bridgehead atoms. The molecule has 3 rings (SSSR count). The van der Waals surface area contributed by atoms with Gasteiger partial charge in [0.25, 0.3) is 5.56 Å². The lowest BCUT2D eigenvalue weighted by Crippen LogP contribution is -2.39. The van der Waals surface area contributed by atoms with E-state index < -0.39 is 24.0 Å². The molecule has 0 aliphatic rings. The first-order valence-electron chi connectivity index (χ1n) is 11.6. The van der Waals surface area contributed by atoms with Gasteiger partial charge in [-0.05, 0) is 54.2 Å². The fourth-order valence-corrected chi connectivity index (χ4v) is 4.21. The third-order valence-corrected chi connectivity index (χ3v) is 5.94. The molecule has 0 saturated heterocycles. The number of nitrogens with one attached hydrogen (secondary N) is 1. The van der Waals surface area contributed by atoms with Crippen LogP contribution in [0.25, 0.3) is 11.1 Å². The Morgan fingerprint density at radius 3 is 2.37 bits per heavy atom. The first kappa shape index (κ1) is 25.7. The quantitative estimate of drug-likeness (QED) is 0.440. The number of aromatic nitrogens is 1. The monoisotopic (exact) mass is 476 g/mol. The molecule has 184 valence electrons. The van der Waals surface area contributed by atoms with Crippen LogP contribution in [0.15, 0.2) is 71.7 Å². The van der Waals surface area contributed by atoms with Crippen molar-refractivity contribution in [3.8, 4) is 16.9 Å². The lowest BCUT2D eigenvalue weighted by Gasteiger charge is -2.25. The van der Waals surface area contributed by atoms with E-state index in [1.165, 1.54) is 10.6 Å². The molecule has 1 aromatic heterocycles. The van der Waals surface area contributed by atoms with Crippen molar-refractivity contribution in [3.63, 3.8) is 0 Å². The van der Waals surface area contributed by atoms with Crippen molar-refractivity contribution < 1.29 is 19.4 Å². The fourth-order valence-electron chi connectivity index (χ4n) is 4.21. The molecule has 0 fully saturated rings. The van der Waals surface area contributed by atoms with Crippen LogP contribution in [-0.2, 0) is 9.59 Å². The van der Waals surface area contributed by atoms with Crippen molar-refractivity contribution in [2.45, 2.75) is 45.7 Å². The molecule has 3 aromatic rings. The molecule has 1 amide bonds. The van der Waals surface area contributed by atoms with Crippen LogP contribution >= 0.6 is 0 Å². The van der Waals surface area contributed by atoms with E-state index in [4.69, 9.17) is 4.74 Å². The summed E-state index contributed by atoms with van der Waals surface area (Å²) in [5.74, 6) is -0.645. The molecule has 0 spiro atoms. The van der Waals surface area contributed by atoms with E-state index >= 15 is 0 Å². The van der Waals surface area contributed by atoms with Crippen molar-refractivity contribution in [1.82, 2.24) is 9.88 Å². The number of carbonyl (C=O) groups is 2. The fraction of sp³-hybridized carbons (Fsp3) is 0.321. The van der Waals surface area contributed by atoms with E-state index in [1.54, 1.807) is 37.6 Å². The van der Waals surface area contributed by atoms with Gasteiger partial charge in [0, 0.05) is 17.8 Å². The average molecular weight is 477 g/mol. The van der Waals surface area contributed by atoms with Crippen LogP contribution in [-0.4, -0.2) is 28.7 Å². The van der Waals surface area contributed by atoms with Gasteiger partial charge in [0.15, 0.2) is 0 Å². The molecule has 0 radical (unpaired) electrons. The molecule has 2 aromatic carbocycles. The highest BCUT2D eigenvalue weighted by molar-refractivity contribution is 5.82. The van der Waals surface area contributed by atoms with Crippen molar-refractivity contribution in [2.75, 3.05) is 7.11 Å². The summed E-state index contributed by atoms with van der Waals surface area (Å²) in [7, 11) is 1.58. The summed E-state index contributed by atoms with van der Waals surface area (Å²) in [5.41, 5.74) is 3.17. The van der Waals surface area contributed by atoms with Gasteiger partial charge in [-0.25, -0.2) is 0 Å². The Labute approximate surface area is 205 Å². The maximum atomic E-state index is 13.4. The van der Waals surface area contributed by atoms with Gasteiger partial charge in [-0.1, -0.05) is 50.2 Å². The minimum Gasteiger partial charge on any atom is -0.496 e. The lowest BCUT2D eigenvalue weighted by atomic mass is 9.94. The summed E-state index contributed by atoms with van der Waals surface area (Å²) >= 11 is 0. The van der Waals surface area contributed by atoms with E-state index in [-0.39, 0.29) is 17.9 Å². The number of amides is 1. The molecular formula is C28H32N2O5. The number of hydrogen-bond acceptors (Lipinski definition) is 4. The van der Waals surface area contributed by atoms with Crippen LogP contribution < -0.4 is 15.6 Å².